The van der Waals surface area contributed by atoms with Gasteiger partial charge in [0, 0.05) is 11.8 Å². The van der Waals surface area contributed by atoms with Crippen LogP contribution in [0.15, 0.2) is 23.2 Å². The lowest BCUT2D eigenvalue weighted by Crippen LogP contribution is -2.75. The highest BCUT2D eigenvalue weighted by molar-refractivity contribution is 5.84. The van der Waals surface area contributed by atoms with Crippen molar-refractivity contribution in [3.63, 3.8) is 0 Å². The van der Waals surface area contributed by atoms with Crippen molar-refractivity contribution < 1.29 is 88.5 Å². The van der Waals surface area contributed by atoms with Gasteiger partial charge in [0.15, 0.2) is 0 Å². The van der Waals surface area contributed by atoms with Crippen LogP contribution in [0.2, 0.25) is 0 Å². The van der Waals surface area contributed by atoms with Gasteiger partial charge in [0.2, 0.25) is 0 Å². The Morgan fingerprint density at radius 2 is 0.878 bits per heavy atom. The summed E-state index contributed by atoms with van der Waals surface area (Å²) in [4.78, 5) is 1.50. The van der Waals surface area contributed by atoms with Crippen LogP contribution in [0.3, 0.4) is 0 Å². The second-order valence-electron chi connectivity index (χ2n) is 9.31. The highest BCUT2D eigenvalue weighted by Gasteiger charge is 2.96. The number of alkyl halides is 19. The molecule has 2 nitrogen and oxygen atoms in total. The molecule has 21 heteroatoms. The monoisotopic (exact) mass is 645 g/mol. The van der Waals surface area contributed by atoms with E-state index in [-0.39, 0.29) is 5.56 Å². The van der Waals surface area contributed by atoms with Crippen LogP contribution in [0.25, 0.3) is 0 Å². The summed E-state index contributed by atoms with van der Waals surface area (Å²) in [5.41, 5.74) is -2.20. The van der Waals surface area contributed by atoms with E-state index in [1.807, 2.05) is 0 Å². The molecule has 0 bridgehead atoms. The minimum absolute atomic E-state index is 0.146. The van der Waals surface area contributed by atoms with E-state index in [1.165, 1.54) is 25.8 Å². The van der Waals surface area contributed by atoms with Crippen LogP contribution in [-0.2, 0) is 5.41 Å². The number of benzene rings is 1. The van der Waals surface area contributed by atoms with E-state index in [0.717, 1.165) is 12.1 Å². The number of hydrogen-bond acceptors (Lipinski definition) is 2. The van der Waals surface area contributed by atoms with Crippen molar-refractivity contribution in [1.82, 2.24) is 0 Å². The highest BCUT2D eigenvalue weighted by Crippen LogP contribution is 2.65. The normalized spacial score (nSPS) is 16.0. The van der Waals surface area contributed by atoms with Gasteiger partial charge in [-0.1, -0.05) is 32.9 Å². The zero-order chi connectivity index (χ0) is 33.3. The molecule has 0 heterocycles. The van der Waals surface area contributed by atoms with Gasteiger partial charge in [0.25, 0.3) is 0 Å². The van der Waals surface area contributed by atoms with Crippen LogP contribution in [0, 0.1) is 0 Å². The molecule has 1 aromatic carbocycles. The Hall–Kier alpha value is -2.64. The third-order valence-corrected chi connectivity index (χ3v) is 5.34. The van der Waals surface area contributed by atoms with Gasteiger partial charge in [-0.25, -0.2) is 4.99 Å². The van der Waals surface area contributed by atoms with Gasteiger partial charge in [-0.15, -0.1) is 0 Å². The number of para-hydroxylation sites is 1. The molecule has 0 amide bonds. The molecule has 1 N–H and O–H groups in total. The molecule has 238 valence electrons. The number of aliphatic imine (C=N–C) groups is 1. The van der Waals surface area contributed by atoms with Crippen LogP contribution in [-0.4, -0.2) is 65.0 Å². The predicted molar refractivity (Wildman–Crippen MR) is 100 cm³/mol. The number of nitrogens with zero attached hydrogens (tertiary/aromatic N) is 1. The first-order chi connectivity index (χ1) is 17.6. The molecule has 1 rings (SSSR count). The van der Waals surface area contributed by atoms with Gasteiger partial charge in [-0.2, -0.15) is 83.4 Å². The first-order valence-corrected chi connectivity index (χ1v) is 10.1. The van der Waals surface area contributed by atoms with E-state index >= 15 is 0 Å². The third-order valence-electron chi connectivity index (χ3n) is 5.34. The van der Waals surface area contributed by atoms with Crippen molar-refractivity contribution in [3.8, 4) is 5.75 Å². The first kappa shape index (κ1) is 36.4. The smallest absolute Gasteiger partial charge is 0.460 e. The molecule has 0 atom stereocenters. The Morgan fingerprint density at radius 3 is 1.22 bits per heavy atom. The molecule has 0 radical (unpaired) electrons. The van der Waals surface area contributed by atoms with Crippen LogP contribution in [0.5, 0.6) is 5.75 Å². The Morgan fingerprint density at radius 1 is 0.537 bits per heavy atom. The topological polar surface area (TPSA) is 32.6 Å². The lowest BCUT2D eigenvalue weighted by molar-refractivity contribution is -0.468. The van der Waals surface area contributed by atoms with Crippen LogP contribution in [0.4, 0.5) is 83.4 Å². The lowest BCUT2D eigenvalue weighted by atomic mass is 9.85. The molecule has 0 aromatic heterocycles. The van der Waals surface area contributed by atoms with E-state index in [4.69, 9.17) is 0 Å². The average molecular weight is 645 g/mol. The minimum atomic E-state index is -9.00. The van der Waals surface area contributed by atoms with Crippen molar-refractivity contribution >= 4 is 6.21 Å². The van der Waals surface area contributed by atoms with E-state index in [1.54, 1.807) is 0 Å². The summed E-state index contributed by atoms with van der Waals surface area (Å²) in [6.45, 7) is 4.16. The van der Waals surface area contributed by atoms with Gasteiger partial charge in [0.05, 0.1) is 0 Å². The molecule has 1 aromatic rings. The van der Waals surface area contributed by atoms with E-state index in [9.17, 15) is 88.5 Å². The second kappa shape index (κ2) is 9.70. The zero-order valence-corrected chi connectivity index (χ0v) is 19.9. The molecule has 0 aliphatic rings. The van der Waals surface area contributed by atoms with E-state index in [0.29, 0.717) is 6.07 Å². The predicted octanol–water partition coefficient (Wildman–Crippen LogP) is 8.71. The molecule has 0 saturated heterocycles. The van der Waals surface area contributed by atoms with Crippen LogP contribution >= 0.6 is 0 Å². The quantitative estimate of drug-likeness (QED) is 0.163. The van der Waals surface area contributed by atoms with Gasteiger partial charge in [-0.3, -0.25) is 0 Å². The fourth-order valence-corrected chi connectivity index (χ4v) is 2.86. The van der Waals surface area contributed by atoms with Crippen molar-refractivity contribution in [2.75, 3.05) is 0 Å². The summed E-state index contributed by atoms with van der Waals surface area (Å²) >= 11 is 0. The second-order valence-corrected chi connectivity index (χ2v) is 9.31. The van der Waals surface area contributed by atoms with Crippen molar-refractivity contribution in [3.05, 3.63) is 29.3 Å². The Kier molecular flexibility index (Phi) is 8.61. The Balaban J connectivity index is 3.72. The maximum atomic E-state index is 14.0. The summed E-state index contributed by atoms with van der Waals surface area (Å²) in [5, 5.41) is 10.0. The van der Waals surface area contributed by atoms with Gasteiger partial charge in [-0.05, 0) is 17.0 Å². The number of hydrogen-bond donors (Lipinski definition) is 1. The van der Waals surface area contributed by atoms with Crippen LogP contribution in [0.1, 0.15) is 31.9 Å². The first-order valence-electron chi connectivity index (χ1n) is 10.1. The van der Waals surface area contributed by atoms with Crippen molar-refractivity contribution in [1.29, 1.82) is 0 Å². The number of phenolic OH excluding ortho intramolecular Hbond substituents is 1. The molecule has 0 saturated carbocycles. The van der Waals surface area contributed by atoms with Gasteiger partial charge >= 0.3 is 53.7 Å². The molecule has 0 aliphatic carbocycles. The number of phenols is 1. The average Bonchev–Trinajstić information content (AvgIpc) is 2.75. The minimum Gasteiger partial charge on any atom is -0.507 e. The molecule has 0 spiro atoms. The van der Waals surface area contributed by atoms with Crippen molar-refractivity contribution in [2.45, 2.75) is 79.9 Å². The summed E-state index contributed by atoms with van der Waals surface area (Å²) in [6.07, 6.45) is -8.52. The zero-order valence-electron chi connectivity index (χ0n) is 19.9. The molecule has 0 fully saturated rings. The standard InChI is InChI=1S/C20H14F19NO/c1-11(2,3)9-6-4-5-8(10(9)41)7-40-20(38,39)18(33,34)16(29,30)14(25,26)12(21,22)13(23,24)15(27,28)17(31,32)19(35,36)37/h4-7,41H,1-3H3. The highest BCUT2D eigenvalue weighted by atomic mass is 19.4. The SMILES string of the molecule is CC(C)(C)c1cccc(C=NC(F)(F)C(F)(F)C(F)(F)C(F)(F)C(F)(F)C(F)(F)C(F)(F)C(F)(F)C(F)(F)F)c1O. The fourth-order valence-electron chi connectivity index (χ4n) is 2.86. The van der Waals surface area contributed by atoms with E-state index in [2.05, 4.69) is 0 Å². The fraction of sp³-hybridized carbons (Fsp3) is 0.650. The van der Waals surface area contributed by atoms with E-state index < -0.39 is 76.6 Å². The summed E-state index contributed by atoms with van der Waals surface area (Å²) in [5.74, 6) is -61.7. The van der Waals surface area contributed by atoms with Crippen molar-refractivity contribution in [2.24, 2.45) is 4.99 Å². The Labute approximate surface area is 215 Å². The number of halogens is 19. The summed E-state index contributed by atoms with van der Waals surface area (Å²) in [7, 11) is 0. The number of rotatable bonds is 9. The maximum Gasteiger partial charge on any atom is 0.460 e. The number of aromatic hydroxyl groups is 1. The molecular formula is C20H14F19NO. The van der Waals surface area contributed by atoms with Crippen LogP contribution < -0.4 is 0 Å². The molecule has 41 heavy (non-hydrogen) atoms. The largest absolute Gasteiger partial charge is 0.507 e. The lowest BCUT2D eigenvalue weighted by Gasteiger charge is -2.43. The maximum absolute atomic E-state index is 14.0. The van der Waals surface area contributed by atoms with Gasteiger partial charge in [0.1, 0.15) is 5.75 Å². The third kappa shape index (κ3) is 5.14. The summed E-state index contributed by atoms with van der Waals surface area (Å²) < 4.78 is 254. The molecule has 0 aliphatic heterocycles. The summed E-state index contributed by atoms with van der Waals surface area (Å²) in [6, 6.07) is -4.41. The Bertz CT molecular complexity index is 1140. The molecule has 0 unspecified atom stereocenters. The van der Waals surface area contributed by atoms with Gasteiger partial charge < -0.3 is 5.11 Å². The molecular weight excluding hydrogens is 631 g/mol.